The monoisotopic (exact) mass is 344 g/mol. The van der Waals surface area contributed by atoms with Crippen LogP contribution in [0.4, 0.5) is 0 Å². The molecule has 18 heavy (non-hydrogen) atoms. The second-order valence-corrected chi connectivity index (χ2v) is 6.07. The van der Waals surface area contributed by atoms with Crippen molar-refractivity contribution in [1.29, 1.82) is 0 Å². The molecule has 1 N–H and O–H groups in total. The molecular weight excluding hydrogens is 332 g/mol. The highest BCUT2D eigenvalue weighted by Crippen LogP contribution is 2.30. The maximum absolute atomic E-state index is 5.98. The summed E-state index contributed by atoms with van der Waals surface area (Å²) in [5.74, 6) is 0. The normalized spacial score (nSPS) is 10.8. The Morgan fingerprint density at radius 3 is 3.00 bits per heavy atom. The van der Waals surface area contributed by atoms with Gasteiger partial charge in [0.05, 0.1) is 10.7 Å². The van der Waals surface area contributed by atoms with E-state index in [4.69, 9.17) is 11.6 Å². The molecule has 0 aliphatic rings. The van der Waals surface area contributed by atoms with Gasteiger partial charge in [0.15, 0.2) is 0 Å². The van der Waals surface area contributed by atoms with E-state index in [9.17, 15) is 0 Å². The third-order valence-electron chi connectivity index (χ3n) is 2.45. The molecule has 0 amide bonds. The van der Waals surface area contributed by atoms with Gasteiger partial charge in [0, 0.05) is 22.0 Å². The summed E-state index contributed by atoms with van der Waals surface area (Å²) < 4.78 is 0.905. The summed E-state index contributed by atoms with van der Waals surface area (Å²) in [4.78, 5) is 4.62. The van der Waals surface area contributed by atoms with Gasteiger partial charge in [-0.05, 0) is 41.0 Å². The summed E-state index contributed by atoms with van der Waals surface area (Å²) in [7, 11) is 0. The number of nitrogens with zero attached hydrogens (tertiary/aromatic N) is 1. The summed E-state index contributed by atoms with van der Waals surface area (Å²) in [6.07, 6.45) is 1.14. The summed E-state index contributed by atoms with van der Waals surface area (Å²) in [5, 5.41) is 7.20. The molecule has 0 radical (unpaired) electrons. The average Bonchev–Trinajstić information content (AvgIpc) is 2.82. The molecule has 0 fully saturated rings. The molecule has 2 rings (SSSR count). The van der Waals surface area contributed by atoms with Crippen LogP contribution in [0.2, 0.25) is 5.02 Å². The highest BCUT2D eigenvalue weighted by atomic mass is 79.9. The molecule has 0 saturated heterocycles. The van der Waals surface area contributed by atoms with Gasteiger partial charge in [-0.2, -0.15) is 0 Å². The number of benzene rings is 1. The second kappa shape index (κ2) is 6.66. The molecule has 0 aliphatic heterocycles. The fraction of sp³-hybridized carbons (Fsp3) is 0.308. The Hall–Kier alpha value is -0.420. The van der Waals surface area contributed by atoms with E-state index in [1.807, 2.05) is 18.2 Å². The van der Waals surface area contributed by atoms with E-state index in [1.54, 1.807) is 11.3 Å². The molecule has 1 aromatic heterocycles. The molecule has 0 bridgehead atoms. The highest BCUT2D eigenvalue weighted by molar-refractivity contribution is 9.10. The number of thiazole rings is 1. The smallest absolute Gasteiger partial charge is 0.123 e. The first kappa shape index (κ1) is 14.0. The van der Waals surface area contributed by atoms with Crippen LogP contribution in [0.1, 0.15) is 19.0 Å². The first-order chi connectivity index (χ1) is 8.70. The van der Waals surface area contributed by atoms with Gasteiger partial charge in [-0.15, -0.1) is 11.3 Å². The van der Waals surface area contributed by atoms with E-state index in [2.05, 4.69) is 38.5 Å². The van der Waals surface area contributed by atoms with E-state index < -0.39 is 0 Å². The largest absolute Gasteiger partial charge is 0.311 e. The SMILES string of the molecule is CCCNCc1csc(-c2ccc(Cl)c(Br)c2)n1. The van der Waals surface area contributed by atoms with Gasteiger partial charge in [0.25, 0.3) is 0 Å². The first-order valence-corrected chi connectivity index (χ1v) is 7.86. The van der Waals surface area contributed by atoms with Gasteiger partial charge < -0.3 is 5.32 Å². The summed E-state index contributed by atoms with van der Waals surface area (Å²) >= 11 is 11.1. The van der Waals surface area contributed by atoms with Crippen LogP contribution < -0.4 is 5.32 Å². The zero-order valence-electron chi connectivity index (χ0n) is 10.0. The molecule has 96 valence electrons. The van der Waals surface area contributed by atoms with Crippen LogP contribution in [0.15, 0.2) is 28.1 Å². The van der Waals surface area contributed by atoms with Crippen molar-refractivity contribution in [1.82, 2.24) is 10.3 Å². The lowest BCUT2D eigenvalue weighted by Gasteiger charge is -2.00. The van der Waals surface area contributed by atoms with Crippen molar-refractivity contribution in [3.63, 3.8) is 0 Å². The number of hydrogen-bond acceptors (Lipinski definition) is 3. The highest BCUT2D eigenvalue weighted by Gasteiger charge is 2.06. The Morgan fingerprint density at radius 1 is 1.44 bits per heavy atom. The molecule has 0 aliphatic carbocycles. The van der Waals surface area contributed by atoms with Gasteiger partial charge in [-0.1, -0.05) is 24.6 Å². The third-order valence-corrected chi connectivity index (χ3v) is 4.61. The van der Waals surface area contributed by atoms with Crippen LogP contribution in [0.3, 0.4) is 0 Å². The predicted molar refractivity (Wildman–Crippen MR) is 82.3 cm³/mol. The lowest BCUT2D eigenvalue weighted by Crippen LogP contribution is -2.13. The zero-order chi connectivity index (χ0) is 13.0. The summed E-state index contributed by atoms with van der Waals surface area (Å²) in [6.45, 7) is 4.02. The Kier molecular flexibility index (Phi) is 5.18. The second-order valence-electron chi connectivity index (χ2n) is 3.95. The molecule has 5 heteroatoms. The number of aromatic nitrogens is 1. The molecular formula is C13H14BrClN2S. The average molecular weight is 346 g/mol. The van der Waals surface area contributed by atoms with Gasteiger partial charge in [0.1, 0.15) is 5.01 Å². The van der Waals surface area contributed by atoms with Crippen LogP contribution in [0, 0.1) is 0 Å². The van der Waals surface area contributed by atoms with E-state index in [0.29, 0.717) is 0 Å². The third kappa shape index (κ3) is 3.54. The maximum Gasteiger partial charge on any atom is 0.123 e. The maximum atomic E-state index is 5.98. The van der Waals surface area contributed by atoms with Crippen molar-refractivity contribution in [3.8, 4) is 10.6 Å². The summed E-state index contributed by atoms with van der Waals surface area (Å²) in [6, 6.07) is 5.89. The molecule has 2 aromatic rings. The topological polar surface area (TPSA) is 24.9 Å². The lowest BCUT2D eigenvalue weighted by molar-refractivity contribution is 0.667. The van der Waals surface area contributed by atoms with Crippen molar-refractivity contribution in [2.75, 3.05) is 6.54 Å². The van der Waals surface area contributed by atoms with Crippen LogP contribution in [0.25, 0.3) is 10.6 Å². The number of rotatable bonds is 5. The summed E-state index contributed by atoms with van der Waals surface area (Å²) in [5.41, 5.74) is 2.19. The number of hydrogen-bond donors (Lipinski definition) is 1. The van der Waals surface area contributed by atoms with Gasteiger partial charge in [-0.3, -0.25) is 0 Å². The molecule has 0 unspecified atom stereocenters. The number of nitrogens with one attached hydrogen (secondary N) is 1. The van der Waals surface area contributed by atoms with Crippen molar-refractivity contribution in [2.45, 2.75) is 19.9 Å². The van der Waals surface area contributed by atoms with Gasteiger partial charge in [-0.25, -0.2) is 4.98 Å². The van der Waals surface area contributed by atoms with E-state index in [1.165, 1.54) is 0 Å². The standard InChI is InChI=1S/C13H14BrClN2S/c1-2-5-16-7-10-8-18-13(17-10)9-3-4-12(15)11(14)6-9/h3-4,6,8,16H,2,5,7H2,1H3. The zero-order valence-corrected chi connectivity index (χ0v) is 13.2. The molecule has 1 heterocycles. The molecule has 0 spiro atoms. The van der Waals surface area contributed by atoms with E-state index in [0.717, 1.165) is 45.3 Å². The van der Waals surface area contributed by atoms with Gasteiger partial charge >= 0.3 is 0 Å². The fourth-order valence-electron chi connectivity index (χ4n) is 1.54. The Balaban J connectivity index is 2.11. The molecule has 0 atom stereocenters. The minimum absolute atomic E-state index is 0.722. The van der Waals surface area contributed by atoms with Gasteiger partial charge in [0.2, 0.25) is 0 Å². The molecule has 2 nitrogen and oxygen atoms in total. The van der Waals surface area contributed by atoms with Crippen molar-refractivity contribution in [2.24, 2.45) is 0 Å². The Bertz CT molecular complexity index is 527. The van der Waals surface area contributed by atoms with Crippen LogP contribution in [-0.2, 0) is 6.54 Å². The molecule has 0 saturated carbocycles. The van der Waals surface area contributed by atoms with Crippen LogP contribution in [-0.4, -0.2) is 11.5 Å². The predicted octanol–water partition coefficient (Wildman–Crippen LogP) is 4.73. The minimum Gasteiger partial charge on any atom is -0.311 e. The van der Waals surface area contributed by atoms with Crippen molar-refractivity contribution < 1.29 is 0 Å². The molecule has 1 aromatic carbocycles. The lowest BCUT2D eigenvalue weighted by atomic mass is 10.2. The van der Waals surface area contributed by atoms with Crippen molar-refractivity contribution in [3.05, 3.63) is 38.8 Å². The Morgan fingerprint density at radius 2 is 2.28 bits per heavy atom. The quantitative estimate of drug-likeness (QED) is 0.793. The van der Waals surface area contributed by atoms with E-state index in [-0.39, 0.29) is 0 Å². The van der Waals surface area contributed by atoms with Crippen LogP contribution in [0.5, 0.6) is 0 Å². The minimum atomic E-state index is 0.722. The van der Waals surface area contributed by atoms with Crippen LogP contribution >= 0.6 is 38.9 Å². The first-order valence-electron chi connectivity index (χ1n) is 5.81. The number of halogens is 2. The Labute approximate surface area is 125 Å². The van der Waals surface area contributed by atoms with E-state index >= 15 is 0 Å². The fourth-order valence-corrected chi connectivity index (χ4v) is 2.86. The van der Waals surface area contributed by atoms with Crippen molar-refractivity contribution >= 4 is 38.9 Å².